The molecule has 0 aliphatic carbocycles. The van der Waals surface area contributed by atoms with Crippen molar-refractivity contribution in [2.24, 2.45) is 5.92 Å². The van der Waals surface area contributed by atoms with E-state index in [2.05, 4.69) is 48.2 Å². The lowest BCUT2D eigenvalue weighted by Crippen LogP contribution is -2.30. The van der Waals surface area contributed by atoms with E-state index in [0.717, 1.165) is 31.6 Å². The van der Waals surface area contributed by atoms with Gasteiger partial charge in [-0.1, -0.05) is 42.3 Å². The highest BCUT2D eigenvalue weighted by Gasteiger charge is 2.27. The average molecular weight is 623 g/mol. The van der Waals surface area contributed by atoms with Gasteiger partial charge in [-0.2, -0.15) is 9.78 Å². The van der Waals surface area contributed by atoms with Gasteiger partial charge in [0.2, 0.25) is 5.91 Å². The summed E-state index contributed by atoms with van der Waals surface area (Å²) >= 11 is 12.7. The van der Waals surface area contributed by atoms with Crippen LogP contribution in [0.15, 0.2) is 60.9 Å². The van der Waals surface area contributed by atoms with Crippen molar-refractivity contribution in [3.8, 4) is 16.8 Å². The number of tetrazole rings is 1. The van der Waals surface area contributed by atoms with Gasteiger partial charge >= 0.3 is 6.09 Å². The number of benzene rings is 2. The molecule has 2 aromatic heterocycles. The van der Waals surface area contributed by atoms with Crippen LogP contribution in [0.2, 0.25) is 10.2 Å². The Morgan fingerprint density at radius 1 is 1.14 bits per heavy atom. The maximum absolute atomic E-state index is 13.3. The maximum atomic E-state index is 13.3. The Labute approximate surface area is 257 Å². The van der Waals surface area contributed by atoms with Gasteiger partial charge in [-0.15, -0.1) is 10.2 Å². The lowest BCUT2D eigenvalue weighted by atomic mass is 9.95. The Hall–Kier alpha value is -4.39. The molecule has 2 atom stereocenters. The average Bonchev–Trinajstić information content (AvgIpc) is 3.69. The summed E-state index contributed by atoms with van der Waals surface area (Å²) < 4.78 is 1.49. The van der Waals surface area contributed by atoms with Crippen LogP contribution in [-0.2, 0) is 4.79 Å². The van der Waals surface area contributed by atoms with E-state index < -0.39 is 12.1 Å². The third-order valence-corrected chi connectivity index (χ3v) is 7.79. The number of nitrogens with zero attached hydrogens (tertiary/aromatic N) is 7. The zero-order valence-electron chi connectivity index (χ0n) is 23.2. The van der Waals surface area contributed by atoms with Gasteiger partial charge in [-0.25, -0.2) is 4.79 Å². The first kappa shape index (κ1) is 30.1. The molecular formula is C29H29Cl2N9O3. The summed E-state index contributed by atoms with van der Waals surface area (Å²) in [6.45, 7) is 5.05. The minimum atomic E-state index is -1.15. The topological polar surface area (TPSA) is 151 Å². The minimum Gasteiger partial charge on any atom is -0.465 e. The third-order valence-electron chi connectivity index (χ3n) is 7.27. The number of aromatic nitrogens is 6. The minimum absolute atomic E-state index is 0.196. The van der Waals surface area contributed by atoms with E-state index >= 15 is 0 Å². The molecule has 1 aliphatic heterocycles. The standard InChI is InChI=1S/C29H29Cl2N9O3/c1-2-39-12-11-18(16-39)13-24(25-15-23(28(31)36-35-25)19-3-7-22(8-4-19)33-29(42)43)34-27(41)10-5-20-14-21(30)6-9-26(20)40-17-32-37-38-40/h3-10,14-15,17-18,24,33H,2,11-13,16H2,1H3,(H,34,41)(H,42,43). The number of hydrogen-bond donors (Lipinski definition) is 3. The number of rotatable bonds is 10. The van der Waals surface area contributed by atoms with Gasteiger partial charge in [-0.3, -0.25) is 10.1 Å². The summed E-state index contributed by atoms with van der Waals surface area (Å²) in [6, 6.07) is 13.4. The van der Waals surface area contributed by atoms with Crippen molar-refractivity contribution in [3.63, 3.8) is 0 Å². The predicted molar refractivity (Wildman–Crippen MR) is 163 cm³/mol. The second-order valence-electron chi connectivity index (χ2n) is 10.1. The monoisotopic (exact) mass is 621 g/mol. The molecule has 12 nitrogen and oxygen atoms in total. The van der Waals surface area contributed by atoms with E-state index in [4.69, 9.17) is 28.3 Å². The molecule has 5 rings (SSSR count). The number of carbonyl (C=O) groups is 2. The Kier molecular flexibility index (Phi) is 9.60. The molecule has 1 fully saturated rings. The highest BCUT2D eigenvalue weighted by Crippen LogP contribution is 2.32. The van der Waals surface area contributed by atoms with Crippen LogP contribution < -0.4 is 10.6 Å². The SMILES string of the molecule is CCN1CCC(CC(NC(=O)C=Cc2cc(Cl)ccc2-n2cnnn2)c2cc(-c3ccc(NC(=O)O)cc3)c(Cl)nn2)C1. The van der Waals surface area contributed by atoms with Crippen molar-refractivity contribution < 1.29 is 14.7 Å². The Bertz CT molecular complexity index is 1610. The van der Waals surface area contributed by atoms with Gasteiger partial charge < -0.3 is 15.3 Å². The van der Waals surface area contributed by atoms with E-state index in [1.807, 2.05) is 6.07 Å². The molecule has 222 valence electrons. The number of nitrogens with one attached hydrogen (secondary N) is 2. The van der Waals surface area contributed by atoms with E-state index in [-0.39, 0.29) is 11.1 Å². The number of hydrogen-bond acceptors (Lipinski definition) is 8. The number of anilines is 1. The number of halogens is 2. The third kappa shape index (κ3) is 7.72. The largest absolute Gasteiger partial charge is 0.465 e. The van der Waals surface area contributed by atoms with Gasteiger partial charge in [0.25, 0.3) is 0 Å². The number of likely N-dealkylation sites (tertiary alicyclic amines) is 1. The summed E-state index contributed by atoms with van der Waals surface area (Å²) in [5, 5.41) is 35.0. The van der Waals surface area contributed by atoms with Gasteiger partial charge in [0.15, 0.2) is 5.15 Å². The fourth-order valence-electron chi connectivity index (χ4n) is 5.13. The Balaban J connectivity index is 1.40. The second-order valence-corrected chi connectivity index (χ2v) is 10.9. The van der Waals surface area contributed by atoms with Crippen LogP contribution >= 0.6 is 23.2 Å². The summed E-state index contributed by atoms with van der Waals surface area (Å²) in [6.07, 6.45) is 5.10. The zero-order valence-corrected chi connectivity index (χ0v) is 24.7. The lowest BCUT2D eigenvalue weighted by Gasteiger charge is -2.22. The van der Waals surface area contributed by atoms with Crippen LogP contribution in [0, 0.1) is 5.92 Å². The summed E-state index contributed by atoms with van der Waals surface area (Å²) in [4.78, 5) is 26.7. The smallest absolute Gasteiger partial charge is 0.409 e. The van der Waals surface area contributed by atoms with Gasteiger partial charge in [0.1, 0.15) is 6.33 Å². The first-order valence-corrected chi connectivity index (χ1v) is 14.4. The fraction of sp³-hybridized carbons (Fsp3) is 0.276. The zero-order chi connectivity index (χ0) is 30.3. The van der Waals surface area contributed by atoms with Crippen molar-refractivity contribution in [1.29, 1.82) is 0 Å². The quantitative estimate of drug-likeness (QED) is 0.205. The van der Waals surface area contributed by atoms with Crippen LogP contribution in [0.5, 0.6) is 0 Å². The first-order valence-electron chi connectivity index (χ1n) is 13.7. The number of carboxylic acid groups (broad SMARTS) is 1. The fourth-order valence-corrected chi connectivity index (χ4v) is 5.51. The van der Waals surface area contributed by atoms with Crippen LogP contribution in [0.4, 0.5) is 10.5 Å². The molecule has 2 unspecified atom stereocenters. The van der Waals surface area contributed by atoms with Crippen molar-refractivity contribution >= 4 is 47.0 Å². The molecule has 0 spiro atoms. The molecule has 2 amide bonds. The number of carbonyl (C=O) groups excluding carboxylic acids is 1. The molecule has 2 aromatic carbocycles. The van der Waals surface area contributed by atoms with E-state index in [0.29, 0.717) is 45.6 Å². The van der Waals surface area contributed by atoms with Crippen molar-refractivity contribution in [1.82, 2.24) is 40.6 Å². The normalized spacial score (nSPS) is 15.9. The summed E-state index contributed by atoms with van der Waals surface area (Å²) in [7, 11) is 0. The second kappa shape index (κ2) is 13.7. The van der Waals surface area contributed by atoms with Crippen LogP contribution in [0.25, 0.3) is 22.9 Å². The molecule has 14 heteroatoms. The predicted octanol–water partition coefficient (Wildman–Crippen LogP) is 5.12. The molecule has 0 radical (unpaired) electrons. The molecule has 1 aliphatic rings. The van der Waals surface area contributed by atoms with Crippen molar-refractivity contribution in [3.05, 3.63) is 82.4 Å². The van der Waals surface area contributed by atoms with Crippen LogP contribution in [-0.4, -0.2) is 72.0 Å². The van der Waals surface area contributed by atoms with Crippen LogP contribution in [0.3, 0.4) is 0 Å². The van der Waals surface area contributed by atoms with E-state index in [1.54, 1.807) is 48.5 Å². The molecule has 0 saturated carbocycles. The first-order chi connectivity index (χ1) is 20.8. The van der Waals surface area contributed by atoms with Crippen molar-refractivity contribution in [2.45, 2.75) is 25.8 Å². The molecule has 4 aromatic rings. The maximum Gasteiger partial charge on any atom is 0.409 e. The van der Waals surface area contributed by atoms with Gasteiger partial charge in [0, 0.05) is 34.5 Å². The highest BCUT2D eigenvalue weighted by atomic mass is 35.5. The molecule has 3 heterocycles. The lowest BCUT2D eigenvalue weighted by molar-refractivity contribution is -0.117. The van der Waals surface area contributed by atoms with Crippen molar-refractivity contribution in [2.75, 3.05) is 25.0 Å². The summed E-state index contributed by atoms with van der Waals surface area (Å²) in [5.41, 5.74) is 3.68. The van der Waals surface area contributed by atoms with E-state index in [1.165, 1.54) is 17.1 Å². The highest BCUT2D eigenvalue weighted by molar-refractivity contribution is 6.32. The van der Waals surface area contributed by atoms with Gasteiger partial charge in [0.05, 0.1) is 17.4 Å². The molecule has 43 heavy (non-hydrogen) atoms. The van der Waals surface area contributed by atoms with Crippen LogP contribution in [0.1, 0.15) is 37.1 Å². The molecule has 0 bridgehead atoms. The van der Waals surface area contributed by atoms with Gasteiger partial charge in [-0.05, 0) is 90.3 Å². The molecule has 1 saturated heterocycles. The Morgan fingerprint density at radius 3 is 2.65 bits per heavy atom. The Morgan fingerprint density at radius 2 is 1.95 bits per heavy atom. The molecular weight excluding hydrogens is 593 g/mol. The summed E-state index contributed by atoms with van der Waals surface area (Å²) in [5.74, 6) is 0.0382. The molecule has 3 N–H and O–H groups in total. The number of amides is 2. The van der Waals surface area contributed by atoms with E-state index in [9.17, 15) is 9.59 Å².